The average Bonchev–Trinajstić information content (AvgIpc) is 1.59. The summed E-state index contributed by atoms with van der Waals surface area (Å²) in [5.41, 5.74) is 0. The van der Waals surface area contributed by atoms with Gasteiger partial charge in [0.1, 0.15) is 0 Å². The van der Waals surface area contributed by atoms with Crippen molar-refractivity contribution in [2.24, 2.45) is 0 Å². The number of rotatable bonds is 3. The van der Waals surface area contributed by atoms with Crippen LogP contribution in [0.3, 0.4) is 0 Å². The van der Waals surface area contributed by atoms with Crippen molar-refractivity contribution in [3.05, 3.63) is 0 Å². The molecule has 0 radical (unpaired) electrons. The average molecular weight is 174 g/mol. The Morgan fingerprint density at radius 1 is 1.67 bits per heavy atom. The van der Waals surface area contributed by atoms with Gasteiger partial charge in [0.2, 0.25) is 0 Å². The Labute approximate surface area is 51.6 Å². The van der Waals surface area contributed by atoms with Crippen molar-refractivity contribution in [3.8, 4) is 0 Å². The van der Waals surface area contributed by atoms with Gasteiger partial charge in [0.15, 0.2) is 0 Å². The molecule has 0 saturated heterocycles. The zero-order valence-electron chi connectivity index (χ0n) is 4.13. The first-order chi connectivity index (χ1) is 3.92. The minimum atomic E-state index is -4.60. The van der Waals surface area contributed by atoms with E-state index in [1.165, 1.54) is 0 Å². The van der Waals surface area contributed by atoms with Gasteiger partial charge < -0.3 is 14.7 Å². The van der Waals surface area contributed by atoms with Gasteiger partial charge in [-0.1, -0.05) is 4.57 Å². The van der Waals surface area contributed by atoms with Gasteiger partial charge in [0.05, 0.1) is 0 Å². The molecule has 0 aliphatic rings. The van der Waals surface area contributed by atoms with Gasteiger partial charge in [0.25, 0.3) is 6.35 Å². The third kappa shape index (κ3) is 8.17. The smallest absolute Gasteiger partial charge is 0.473 e. The molecular weight excluding hydrogens is 170 g/mol. The van der Waals surface area contributed by atoms with Gasteiger partial charge in [-0.15, -0.1) is 0 Å². The molecule has 0 aromatic carbocycles. The van der Waals surface area contributed by atoms with Crippen molar-refractivity contribution >= 4 is 15.9 Å². The van der Waals surface area contributed by atoms with Crippen LogP contribution in [0.5, 0.6) is 0 Å². The maximum atomic E-state index is 9.74. The SMILES string of the molecule is O=[P+]([O-])COP(=O)(O)O. The highest BCUT2D eigenvalue weighted by molar-refractivity contribution is 7.47. The second kappa shape index (κ2) is 3.37. The lowest BCUT2D eigenvalue weighted by Gasteiger charge is -1.97. The van der Waals surface area contributed by atoms with E-state index in [2.05, 4.69) is 4.52 Å². The van der Waals surface area contributed by atoms with Crippen LogP contribution in [0, 0.1) is 0 Å². The lowest BCUT2D eigenvalue weighted by molar-refractivity contribution is -0.167. The predicted molar refractivity (Wildman–Crippen MR) is 25.6 cm³/mol. The molecule has 0 amide bonds. The summed E-state index contributed by atoms with van der Waals surface area (Å²) >= 11 is 0. The van der Waals surface area contributed by atoms with Crippen LogP contribution < -0.4 is 4.89 Å². The van der Waals surface area contributed by atoms with Crippen molar-refractivity contribution in [1.29, 1.82) is 0 Å². The zero-order chi connectivity index (χ0) is 7.49. The van der Waals surface area contributed by atoms with E-state index < -0.39 is 22.2 Å². The summed E-state index contributed by atoms with van der Waals surface area (Å²) in [5, 5.41) is 0. The summed E-state index contributed by atoms with van der Waals surface area (Å²) in [4.78, 5) is 25.4. The summed E-state index contributed by atoms with van der Waals surface area (Å²) in [6.45, 7) is 0. The first-order valence-electron chi connectivity index (χ1n) is 1.74. The summed E-state index contributed by atoms with van der Waals surface area (Å²) in [6, 6.07) is 0. The molecular formula is CH4O6P2. The molecule has 54 valence electrons. The molecule has 8 heteroatoms. The van der Waals surface area contributed by atoms with E-state index in [1.807, 2.05) is 0 Å². The first kappa shape index (κ1) is 9.17. The van der Waals surface area contributed by atoms with E-state index in [4.69, 9.17) is 9.79 Å². The second-order valence-corrected chi connectivity index (χ2v) is 3.24. The van der Waals surface area contributed by atoms with Crippen LogP contribution in [0.1, 0.15) is 0 Å². The predicted octanol–water partition coefficient (Wildman–Crippen LogP) is -0.844. The van der Waals surface area contributed by atoms with Gasteiger partial charge in [-0.25, -0.2) is 9.09 Å². The molecule has 0 rings (SSSR count). The number of hydrogen-bond donors (Lipinski definition) is 2. The van der Waals surface area contributed by atoms with Gasteiger partial charge in [-0.2, -0.15) is 0 Å². The lowest BCUT2D eigenvalue weighted by Crippen LogP contribution is -1.94. The van der Waals surface area contributed by atoms with Crippen molar-refractivity contribution in [2.75, 3.05) is 6.35 Å². The van der Waals surface area contributed by atoms with Crippen LogP contribution in [0.15, 0.2) is 0 Å². The molecule has 1 unspecified atom stereocenters. The maximum absolute atomic E-state index is 9.74. The van der Waals surface area contributed by atoms with Crippen molar-refractivity contribution in [2.45, 2.75) is 0 Å². The second-order valence-electron chi connectivity index (χ2n) is 1.08. The standard InChI is InChI=1S/CH4O6P2/c2-8(3)1-7-9(4,5)6/h1H2,(H2,4,5,6). The molecule has 0 saturated carbocycles. The number of phosphoric ester groups is 1. The quantitative estimate of drug-likeness (QED) is 0.540. The Bertz CT molecular complexity index is 145. The van der Waals surface area contributed by atoms with Crippen LogP contribution >= 0.6 is 15.9 Å². The number of phosphoric acid groups is 1. The third-order valence-electron chi connectivity index (χ3n) is 0.331. The topological polar surface area (TPSA) is 107 Å². The highest BCUT2D eigenvalue weighted by Crippen LogP contribution is 2.37. The van der Waals surface area contributed by atoms with Gasteiger partial charge in [-0.05, 0) is 0 Å². The molecule has 0 bridgehead atoms. The van der Waals surface area contributed by atoms with E-state index in [9.17, 15) is 14.0 Å². The van der Waals surface area contributed by atoms with E-state index in [0.29, 0.717) is 0 Å². The van der Waals surface area contributed by atoms with E-state index in [1.54, 1.807) is 0 Å². The highest BCUT2D eigenvalue weighted by Gasteiger charge is 2.17. The van der Waals surface area contributed by atoms with Crippen molar-refractivity contribution in [3.63, 3.8) is 0 Å². The summed E-state index contributed by atoms with van der Waals surface area (Å²) in [5.74, 6) is 0. The van der Waals surface area contributed by atoms with Gasteiger partial charge in [0, 0.05) is 0 Å². The van der Waals surface area contributed by atoms with E-state index in [0.717, 1.165) is 0 Å². The molecule has 0 aromatic rings. The van der Waals surface area contributed by atoms with E-state index >= 15 is 0 Å². The highest BCUT2D eigenvalue weighted by atomic mass is 31.2. The minimum absolute atomic E-state index is 0.945. The van der Waals surface area contributed by atoms with Crippen molar-refractivity contribution in [1.82, 2.24) is 0 Å². The molecule has 0 aromatic heterocycles. The minimum Gasteiger partial charge on any atom is -0.594 e. The monoisotopic (exact) mass is 174 g/mol. The number of hydrogen-bond acceptors (Lipinski definition) is 4. The van der Waals surface area contributed by atoms with Crippen LogP contribution in [0.25, 0.3) is 0 Å². The Morgan fingerprint density at radius 2 is 2.11 bits per heavy atom. The van der Waals surface area contributed by atoms with Crippen molar-refractivity contribution < 1.29 is 28.3 Å². The molecule has 0 heterocycles. The molecule has 1 atom stereocenters. The van der Waals surface area contributed by atoms with Crippen LogP contribution in [-0.4, -0.2) is 16.1 Å². The molecule has 2 N–H and O–H groups in total. The Morgan fingerprint density at radius 3 is 2.22 bits per heavy atom. The Hall–Kier alpha value is 0.170. The normalized spacial score (nSPS) is 13.4. The Balaban J connectivity index is 3.53. The molecule has 0 spiro atoms. The molecule has 0 fully saturated rings. The van der Waals surface area contributed by atoms with Crippen LogP contribution in [-0.2, 0) is 13.7 Å². The largest absolute Gasteiger partial charge is 0.594 e. The lowest BCUT2D eigenvalue weighted by atomic mass is 11.7. The summed E-state index contributed by atoms with van der Waals surface area (Å²) in [7, 11) is -7.48. The summed E-state index contributed by atoms with van der Waals surface area (Å²) < 4.78 is 22.9. The Kier molecular flexibility index (Phi) is 3.43. The fourth-order valence-corrected chi connectivity index (χ4v) is 1.10. The fraction of sp³-hybridized carbons (Fsp3) is 1.00. The third-order valence-corrected chi connectivity index (χ3v) is 1.34. The maximum Gasteiger partial charge on any atom is 0.473 e. The zero-order valence-corrected chi connectivity index (χ0v) is 5.92. The molecule has 0 aliphatic heterocycles. The summed E-state index contributed by atoms with van der Waals surface area (Å²) in [6.07, 6.45) is -0.945. The molecule has 6 nitrogen and oxygen atoms in total. The van der Waals surface area contributed by atoms with E-state index in [-0.39, 0.29) is 0 Å². The molecule has 0 aliphatic carbocycles. The van der Waals surface area contributed by atoms with Crippen LogP contribution in [0.4, 0.5) is 0 Å². The fourth-order valence-electron chi connectivity index (χ4n) is 0.122. The van der Waals surface area contributed by atoms with Gasteiger partial charge >= 0.3 is 15.9 Å². The van der Waals surface area contributed by atoms with Crippen LogP contribution in [0.2, 0.25) is 0 Å². The first-order valence-corrected chi connectivity index (χ1v) is 4.63. The van der Waals surface area contributed by atoms with Gasteiger partial charge in [-0.3, -0.25) is 0 Å². The molecule has 9 heavy (non-hydrogen) atoms.